The van der Waals surface area contributed by atoms with Crippen LogP contribution in [0, 0.1) is 0 Å². The van der Waals surface area contributed by atoms with Gasteiger partial charge in [-0.2, -0.15) is 0 Å². The van der Waals surface area contributed by atoms with Gasteiger partial charge in [0.1, 0.15) is 12.4 Å². The number of ether oxygens (including phenoxy) is 4. The number of hydrogen-bond acceptors (Lipinski definition) is 7. The maximum atomic E-state index is 10.7. The molecule has 0 unspecified atom stereocenters. The monoisotopic (exact) mass is 321 g/mol. The fourth-order valence-corrected chi connectivity index (χ4v) is 1.30. The molecule has 0 bridgehead atoms. The lowest BCUT2D eigenvalue weighted by Crippen LogP contribution is -2.29. The van der Waals surface area contributed by atoms with Gasteiger partial charge in [0.2, 0.25) is 5.91 Å². The number of rotatable bonds is 16. The van der Waals surface area contributed by atoms with Crippen molar-refractivity contribution in [2.75, 3.05) is 66.0 Å². The Morgan fingerprint density at radius 2 is 1.27 bits per heavy atom. The summed E-state index contributed by atoms with van der Waals surface area (Å²) in [7, 11) is 0. The third-order valence-electron chi connectivity index (χ3n) is 2.43. The molecule has 22 heavy (non-hydrogen) atoms. The second-order valence-corrected chi connectivity index (χ2v) is 4.41. The highest BCUT2D eigenvalue weighted by Crippen LogP contribution is 1.86. The summed E-state index contributed by atoms with van der Waals surface area (Å²) in [5.41, 5.74) is 0. The number of hydrogen-bond donors (Lipinski definition) is 2. The first-order valence-electron chi connectivity index (χ1n) is 7.34. The topological polar surface area (TPSA) is 103 Å². The molecule has 0 aromatic rings. The second-order valence-electron chi connectivity index (χ2n) is 4.41. The summed E-state index contributed by atoms with van der Waals surface area (Å²) in [4.78, 5) is 21.3. The number of amides is 1. The molecule has 0 aliphatic rings. The van der Waals surface area contributed by atoms with Crippen LogP contribution in [0.25, 0.3) is 0 Å². The van der Waals surface area contributed by atoms with Gasteiger partial charge in [-0.05, 0) is 6.92 Å². The predicted octanol–water partition coefficient (Wildman–Crippen LogP) is -0.860. The summed E-state index contributed by atoms with van der Waals surface area (Å²) in [6, 6.07) is 0. The van der Waals surface area contributed by atoms with Gasteiger partial charge in [-0.1, -0.05) is 0 Å². The molecule has 0 fully saturated rings. The lowest BCUT2D eigenvalue weighted by atomic mass is 10.3. The van der Waals surface area contributed by atoms with Crippen molar-refractivity contribution in [1.82, 2.24) is 5.32 Å². The van der Waals surface area contributed by atoms with Crippen LogP contribution >= 0.6 is 0 Å². The minimum atomic E-state index is -0.509. The summed E-state index contributed by atoms with van der Waals surface area (Å²) < 4.78 is 21.0. The summed E-state index contributed by atoms with van der Waals surface area (Å²) in [5, 5.41) is 10.9. The molecule has 0 heterocycles. The number of carbonyl (C=O) groups excluding carboxylic acids is 2. The molecule has 8 nitrogen and oxygen atoms in total. The van der Waals surface area contributed by atoms with E-state index < -0.39 is 12.5 Å². The maximum absolute atomic E-state index is 10.7. The second kappa shape index (κ2) is 16.3. The quantitative estimate of drug-likeness (QED) is 0.357. The minimum absolute atomic E-state index is 0.118. The molecule has 1 amide bonds. The van der Waals surface area contributed by atoms with E-state index in [0.717, 1.165) is 0 Å². The van der Waals surface area contributed by atoms with Crippen LogP contribution in [0.1, 0.15) is 13.3 Å². The number of aliphatic hydroxyl groups excluding tert-OH is 1. The highest BCUT2D eigenvalue weighted by Gasteiger charge is 1.96. The van der Waals surface area contributed by atoms with E-state index in [0.29, 0.717) is 65.8 Å². The van der Waals surface area contributed by atoms with Crippen molar-refractivity contribution in [2.45, 2.75) is 13.3 Å². The van der Waals surface area contributed by atoms with Gasteiger partial charge in [0.05, 0.1) is 52.9 Å². The lowest BCUT2D eigenvalue weighted by molar-refractivity contribution is -0.124. The van der Waals surface area contributed by atoms with E-state index in [1.165, 1.54) is 6.92 Å². The molecule has 8 heteroatoms. The fraction of sp³-hybridized carbons (Fsp3) is 0.857. The van der Waals surface area contributed by atoms with Crippen molar-refractivity contribution < 1.29 is 33.6 Å². The molecular formula is C14H27NO7. The molecule has 0 aliphatic heterocycles. The Kier molecular flexibility index (Phi) is 15.5. The third kappa shape index (κ3) is 17.0. The van der Waals surface area contributed by atoms with Gasteiger partial charge in [0.25, 0.3) is 0 Å². The molecule has 0 rings (SSSR count). The Morgan fingerprint density at radius 3 is 1.73 bits per heavy atom. The van der Waals surface area contributed by atoms with Crippen molar-refractivity contribution in [3.05, 3.63) is 0 Å². The van der Waals surface area contributed by atoms with Crippen LogP contribution in [-0.4, -0.2) is 82.8 Å². The highest BCUT2D eigenvalue weighted by molar-refractivity contribution is 5.76. The van der Waals surface area contributed by atoms with Crippen molar-refractivity contribution in [3.8, 4) is 0 Å². The first-order chi connectivity index (χ1) is 10.7. The average Bonchev–Trinajstić information content (AvgIpc) is 2.50. The normalized spacial score (nSPS) is 10.6. The molecule has 0 aromatic carbocycles. The SMILES string of the molecule is CC(=O)CCOCCOCCOCCOCCNC(=O)CO. The Labute approximate surface area is 131 Å². The van der Waals surface area contributed by atoms with Crippen LogP contribution in [0.15, 0.2) is 0 Å². The standard InChI is InChI=1S/C14H27NO7/c1-13(17)2-4-19-6-8-21-10-11-22-9-7-20-5-3-15-14(18)12-16/h16H,2-12H2,1H3,(H,15,18). The molecule has 130 valence electrons. The van der Waals surface area contributed by atoms with Crippen LogP contribution in [0.4, 0.5) is 0 Å². The number of ketones is 1. The highest BCUT2D eigenvalue weighted by atomic mass is 16.6. The summed E-state index contributed by atoms with van der Waals surface area (Å²) in [6.45, 7) is 4.98. The van der Waals surface area contributed by atoms with Gasteiger partial charge in [-0.15, -0.1) is 0 Å². The van der Waals surface area contributed by atoms with Crippen LogP contribution in [0.2, 0.25) is 0 Å². The summed E-state index contributed by atoms with van der Waals surface area (Å²) >= 11 is 0. The fourth-order valence-electron chi connectivity index (χ4n) is 1.30. The molecule has 0 spiro atoms. The van der Waals surface area contributed by atoms with E-state index in [2.05, 4.69) is 5.32 Å². The number of aliphatic hydroxyl groups is 1. The lowest BCUT2D eigenvalue weighted by Gasteiger charge is -2.07. The van der Waals surface area contributed by atoms with Gasteiger partial charge in [0.15, 0.2) is 0 Å². The van der Waals surface area contributed by atoms with Crippen LogP contribution in [-0.2, 0) is 28.5 Å². The zero-order valence-electron chi connectivity index (χ0n) is 13.2. The van der Waals surface area contributed by atoms with Crippen LogP contribution in [0.5, 0.6) is 0 Å². The first kappa shape index (κ1) is 20.9. The Balaban J connectivity index is 3.02. The van der Waals surface area contributed by atoms with Gasteiger partial charge < -0.3 is 29.4 Å². The molecular weight excluding hydrogens is 294 g/mol. The first-order valence-corrected chi connectivity index (χ1v) is 7.34. The van der Waals surface area contributed by atoms with Crippen molar-refractivity contribution in [2.24, 2.45) is 0 Å². The van der Waals surface area contributed by atoms with Crippen molar-refractivity contribution in [3.63, 3.8) is 0 Å². The molecule has 0 aliphatic carbocycles. The molecule has 0 saturated heterocycles. The average molecular weight is 321 g/mol. The Hall–Kier alpha value is -1.06. The van der Waals surface area contributed by atoms with Crippen LogP contribution < -0.4 is 5.32 Å². The maximum Gasteiger partial charge on any atom is 0.245 e. The predicted molar refractivity (Wildman–Crippen MR) is 78.7 cm³/mol. The molecule has 0 radical (unpaired) electrons. The number of carbonyl (C=O) groups is 2. The largest absolute Gasteiger partial charge is 0.387 e. The van der Waals surface area contributed by atoms with Gasteiger partial charge in [0, 0.05) is 13.0 Å². The third-order valence-corrected chi connectivity index (χ3v) is 2.43. The van der Waals surface area contributed by atoms with E-state index in [1.54, 1.807) is 0 Å². The van der Waals surface area contributed by atoms with E-state index >= 15 is 0 Å². The Morgan fingerprint density at radius 1 is 0.818 bits per heavy atom. The number of nitrogens with one attached hydrogen (secondary N) is 1. The van der Waals surface area contributed by atoms with E-state index in [1.807, 2.05) is 0 Å². The van der Waals surface area contributed by atoms with E-state index in [9.17, 15) is 9.59 Å². The zero-order valence-corrected chi connectivity index (χ0v) is 13.2. The molecule has 0 atom stereocenters. The molecule has 0 aromatic heterocycles. The van der Waals surface area contributed by atoms with Crippen LogP contribution in [0.3, 0.4) is 0 Å². The zero-order chi connectivity index (χ0) is 16.5. The smallest absolute Gasteiger partial charge is 0.245 e. The van der Waals surface area contributed by atoms with Crippen molar-refractivity contribution >= 4 is 11.7 Å². The van der Waals surface area contributed by atoms with Gasteiger partial charge in [-0.25, -0.2) is 0 Å². The van der Waals surface area contributed by atoms with Gasteiger partial charge in [-0.3, -0.25) is 9.59 Å². The minimum Gasteiger partial charge on any atom is -0.387 e. The van der Waals surface area contributed by atoms with E-state index in [-0.39, 0.29) is 5.78 Å². The number of Topliss-reactive ketones (excluding diaryl/α,β-unsaturated/α-hetero) is 1. The van der Waals surface area contributed by atoms with Gasteiger partial charge >= 0.3 is 0 Å². The summed E-state index contributed by atoms with van der Waals surface area (Å²) in [6.07, 6.45) is 0.437. The van der Waals surface area contributed by atoms with Crippen molar-refractivity contribution in [1.29, 1.82) is 0 Å². The Bertz CT molecular complexity index is 286. The molecule has 0 saturated carbocycles. The summed E-state index contributed by atoms with van der Waals surface area (Å²) in [5.74, 6) is -0.297. The molecule has 2 N–H and O–H groups in total. The van der Waals surface area contributed by atoms with E-state index in [4.69, 9.17) is 24.1 Å².